The summed E-state index contributed by atoms with van der Waals surface area (Å²) in [5.41, 5.74) is 1.15. The predicted molar refractivity (Wildman–Crippen MR) is 77.1 cm³/mol. The van der Waals surface area contributed by atoms with Gasteiger partial charge >= 0.3 is 0 Å². The Hall–Kier alpha value is -1.26. The van der Waals surface area contributed by atoms with Crippen LogP contribution in [-0.2, 0) is 0 Å². The molecule has 0 unspecified atom stereocenters. The van der Waals surface area contributed by atoms with Gasteiger partial charge in [-0.2, -0.15) is 0 Å². The lowest BCUT2D eigenvalue weighted by Crippen LogP contribution is -2.23. The summed E-state index contributed by atoms with van der Waals surface area (Å²) in [5.74, 6) is 0.933. The maximum atomic E-state index is 5.85. The second-order valence-electron chi connectivity index (χ2n) is 3.98. The third kappa shape index (κ3) is 3.37. The molecular formula is C13H15ClN2OS. The van der Waals surface area contributed by atoms with E-state index in [1.165, 1.54) is 11.3 Å². The minimum atomic E-state index is 0.624. The summed E-state index contributed by atoms with van der Waals surface area (Å²) in [7, 11) is 1.98. The van der Waals surface area contributed by atoms with Gasteiger partial charge in [0.1, 0.15) is 16.7 Å². The highest BCUT2D eigenvalue weighted by molar-refractivity contribution is 7.19. The summed E-state index contributed by atoms with van der Waals surface area (Å²) >= 11 is 7.32. The van der Waals surface area contributed by atoms with Crippen molar-refractivity contribution in [2.45, 2.75) is 6.92 Å². The lowest BCUT2D eigenvalue weighted by Gasteiger charge is -2.16. The summed E-state index contributed by atoms with van der Waals surface area (Å²) in [6.45, 7) is 3.44. The zero-order chi connectivity index (χ0) is 13.0. The Kier molecular flexibility index (Phi) is 4.44. The molecule has 0 aliphatic carbocycles. The van der Waals surface area contributed by atoms with Gasteiger partial charge in [-0.15, -0.1) is 0 Å². The zero-order valence-electron chi connectivity index (χ0n) is 10.4. The lowest BCUT2D eigenvalue weighted by molar-refractivity contribution is 0.324. The Morgan fingerprint density at radius 2 is 2.17 bits per heavy atom. The average molecular weight is 283 g/mol. The number of hydrogen-bond donors (Lipinski definition) is 0. The monoisotopic (exact) mass is 282 g/mol. The van der Waals surface area contributed by atoms with Gasteiger partial charge in [-0.05, 0) is 18.6 Å². The second kappa shape index (κ2) is 6.07. The number of para-hydroxylation sites is 1. The van der Waals surface area contributed by atoms with Crippen LogP contribution in [0.25, 0.3) is 0 Å². The molecule has 1 aromatic heterocycles. The molecule has 0 bridgehead atoms. The molecule has 18 heavy (non-hydrogen) atoms. The number of halogens is 1. The van der Waals surface area contributed by atoms with Gasteiger partial charge in [0.15, 0.2) is 5.13 Å². The van der Waals surface area contributed by atoms with Crippen LogP contribution in [0.15, 0.2) is 30.5 Å². The van der Waals surface area contributed by atoms with Crippen LogP contribution in [0.3, 0.4) is 0 Å². The first kappa shape index (κ1) is 13.2. The fraction of sp³-hybridized carbons (Fsp3) is 0.308. The number of aryl methyl sites for hydroxylation is 1. The minimum Gasteiger partial charge on any atom is -0.491 e. The molecule has 1 aromatic carbocycles. The Balaban J connectivity index is 1.84. The van der Waals surface area contributed by atoms with Gasteiger partial charge in [-0.3, -0.25) is 0 Å². The van der Waals surface area contributed by atoms with Gasteiger partial charge in [0, 0.05) is 7.05 Å². The Labute approximate surface area is 116 Å². The highest BCUT2D eigenvalue weighted by Gasteiger charge is 2.06. The molecule has 0 spiro atoms. The SMILES string of the molecule is Cc1ccccc1OCCN(C)c1ncc(Cl)s1. The van der Waals surface area contributed by atoms with E-state index in [-0.39, 0.29) is 0 Å². The van der Waals surface area contributed by atoms with Crippen molar-refractivity contribution in [3.05, 3.63) is 40.4 Å². The van der Waals surface area contributed by atoms with Gasteiger partial charge < -0.3 is 9.64 Å². The van der Waals surface area contributed by atoms with Crippen LogP contribution in [0.5, 0.6) is 5.75 Å². The van der Waals surface area contributed by atoms with E-state index in [0.29, 0.717) is 10.9 Å². The van der Waals surface area contributed by atoms with E-state index in [9.17, 15) is 0 Å². The third-order valence-electron chi connectivity index (χ3n) is 2.57. The van der Waals surface area contributed by atoms with E-state index in [0.717, 1.165) is 23.0 Å². The fourth-order valence-corrected chi connectivity index (χ4v) is 2.42. The molecule has 96 valence electrons. The van der Waals surface area contributed by atoms with Crippen LogP contribution in [0.4, 0.5) is 5.13 Å². The van der Waals surface area contributed by atoms with Crippen molar-refractivity contribution in [2.75, 3.05) is 25.1 Å². The normalized spacial score (nSPS) is 10.4. The summed E-state index contributed by atoms with van der Waals surface area (Å²) < 4.78 is 6.44. The van der Waals surface area contributed by atoms with Gasteiger partial charge in [-0.1, -0.05) is 41.1 Å². The maximum absolute atomic E-state index is 5.85. The highest BCUT2D eigenvalue weighted by atomic mass is 35.5. The highest BCUT2D eigenvalue weighted by Crippen LogP contribution is 2.25. The largest absolute Gasteiger partial charge is 0.491 e. The van der Waals surface area contributed by atoms with Crippen LogP contribution >= 0.6 is 22.9 Å². The molecule has 0 fully saturated rings. The molecule has 0 saturated heterocycles. The van der Waals surface area contributed by atoms with Crippen molar-refractivity contribution in [2.24, 2.45) is 0 Å². The lowest BCUT2D eigenvalue weighted by atomic mass is 10.2. The first-order valence-corrected chi connectivity index (χ1v) is 6.87. The number of ether oxygens (including phenoxy) is 1. The number of hydrogen-bond acceptors (Lipinski definition) is 4. The van der Waals surface area contributed by atoms with E-state index in [4.69, 9.17) is 16.3 Å². The van der Waals surface area contributed by atoms with Crippen LogP contribution in [-0.4, -0.2) is 25.2 Å². The van der Waals surface area contributed by atoms with Crippen molar-refractivity contribution in [3.8, 4) is 5.75 Å². The average Bonchev–Trinajstić information content (AvgIpc) is 2.78. The molecule has 1 heterocycles. The van der Waals surface area contributed by atoms with Gasteiger partial charge in [-0.25, -0.2) is 4.98 Å². The van der Waals surface area contributed by atoms with Crippen molar-refractivity contribution in [1.82, 2.24) is 4.98 Å². The summed E-state index contributed by atoms with van der Waals surface area (Å²) in [4.78, 5) is 6.25. The van der Waals surface area contributed by atoms with Gasteiger partial charge in [0.2, 0.25) is 0 Å². The second-order valence-corrected chi connectivity index (χ2v) is 5.62. The number of benzene rings is 1. The van der Waals surface area contributed by atoms with Crippen molar-refractivity contribution in [1.29, 1.82) is 0 Å². The molecule has 2 rings (SSSR count). The molecule has 0 atom stereocenters. The molecule has 0 N–H and O–H groups in total. The van der Waals surface area contributed by atoms with E-state index >= 15 is 0 Å². The molecule has 0 aliphatic rings. The Bertz CT molecular complexity index is 515. The molecular weight excluding hydrogens is 268 g/mol. The number of thiazole rings is 1. The molecule has 0 radical (unpaired) electrons. The Morgan fingerprint density at radius 1 is 1.39 bits per heavy atom. The molecule has 5 heteroatoms. The number of anilines is 1. The number of likely N-dealkylation sites (N-methyl/N-ethyl adjacent to an activating group) is 1. The van der Waals surface area contributed by atoms with E-state index in [2.05, 4.69) is 4.98 Å². The van der Waals surface area contributed by atoms with Crippen molar-refractivity contribution >= 4 is 28.1 Å². The molecule has 0 aliphatic heterocycles. The fourth-order valence-electron chi connectivity index (χ4n) is 1.53. The maximum Gasteiger partial charge on any atom is 0.186 e. The molecule has 0 saturated carbocycles. The smallest absolute Gasteiger partial charge is 0.186 e. The van der Waals surface area contributed by atoms with Gasteiger partial charge in [0.05, 0.1) is 12.7 Å². The third-order valence-corrected chi connectivity index (χ3v) is 3.80. The van der Waals surface area contributed by atoms with Gasteiger partial charge in [0.25, 0.3) is 0 Å². The van der Waals surface area contributed by atoms with Crippen molar-refractivity contribution < 1.29 is 4.74 Å². The quantitative estimate of drug-likeness (QED) is 0.837. The standard InChI is InChI=1S/C13H15ClN2OS/c1-10-5-3-4-6-11(10)17-8-7-16(2)13-15-9-12(14)18-13/h3-6,9H,7-8H2,1-2H3. The first-order valence-electron chi connectivity index (χ1n) is 5.67. The van der Waals surface area contributed by atoms with Crippen LogP contribution < -0.4 is 9.64 Å². The number of rotatable bonds is 5. The number of aromatic nitrogens is 1. The minimum absolute atomic E-state index is 0.624. The van der Waals surface area contributed by atoms with E-state index in [1.807, 2.05) is 43.1 Å². The summed E-state index contributed by atoms with van der Waals surface area (Å²) in [5, 5.41) is 0.911. The summed E-state index contributed by atoms with van der Waals surface area (Å²) in [6, 6.07) is 8.01. The van der Waals surface area contributed by atoms with Crippen molar-refractivity contribution in [3.63, 3.8) is 0 Å². The molecule has 0 amide bonds. The topological polar surface area (TPSA) is 25.4 Å². The van der Waals surface area contributed by atoms with E-state index in [1.54, 1.807) is 6.20 Å². The van der Waals surface area contributed by atoms with Crippen LogP contribution in [0, 0.1) is 6.92 Å². The molecule has 3 nitrogen and oxygen atoms in total. The van der Waals surface area contributed by atoms with E-state index < -0.39 is 0 Å². The zero-order valence-corrected chi connectivity index (χ0v) is 12.0. The van der Waals surface area contributed by atoms with Crippen LogP contribution in [0.2, 0.25) is 4.34 Å². The molecule has 2 aromatic rings. The van der Waals surface area contributed by atoms with Crippen LogP contribution in [0.1, 0.15) is 5.56 Å². The first-order chi connectivity index (χ1) is 8.66. The predicted octanol–water partition coefficient (Wildman–Crippen LogP) is 3.62. The summed E-state index contributed by atoms with van der Waals surface area (Å²) in [6.07, 6.45) is 1.67. The number of nitrogens with zero attached hydrogens (tertiary/aromatic N) is 2. The Morgan fingerprint density at radius 3 is 2.83 bits per heavy atom.